The van der Waals surface area contributed by atoms with Crippen molar-refractivity contribution in [1.29, 1.82) is 0 Å². The molecule has 1 aromatic carbocycles. The van der Waals surface area contributed by atoms with Crippen LogP contribution in [0.15, 0.2) is 36.9 Å². The van der Waals surface area contributed by atoms with Crippen LogP contribution in [0.2, 0.25) is 0 Å². The van der Waals surface area contributed by atoms with Crippen LogP contribution < -0.4 is 16.0 Å². The lowest BCUT2D eigenvalue weighted by Gasteiger charge is -2.10. The SMILES string of the molecule is C=CCc1ccccc1OCCCCC(=O)NN. The van der Waals surface area contributed by atoms with Crippen molar-refractivity contribution in [3.8, 4) is 5.75 Å². The van der Waals surface area contributed by atoms with E-state index in [1.807, 2.05) is 30.3 Å². The van der Waals surface area contributed by atoms with Crippen molar-refractivity contribution in [3.63, 3.8) is 0 Å². The van der Waals surface area contributed by atoms with Crippen molar-refractivity contribution < 1.29 is 9.53 Å². The summed E-state index contributed by atoms with van der Waals surface area (Å²) in [6, 6.07) is 7.91. The highest BCUT2D eigenvalue weighted by molar-refractivity contribution is 5.75. The molecule has 0 spiro atoms. The minimum Gasteiger partial charge on any atom is -0.493 e. The van der Waals surface area contributed by atoms with E-state index in [1.165, 1.54) is 0 Å². The summed E-state index contributed by atoms with van der Waals surface area (Å²) in [7, 11) is 0. The molecular formula is C14H20N2O2. The van der Waals surface area contributed by atoms with Gasteiger partial charge < -0.3 is 4.74 Å². The third kappa shape index (κ3) is 5.01. The second kappa shape index (κ2) is 8.31. The molecule has 0 aromatic heterocycles. The lowest BCUT2D eigenvalue weighted by Crippen LogP contribution is -2.29. The van der Waals surface area contributed by atoms with Crippen LogP contribution in [0.25, 0.3) is 0 Å². The first kappa shape index (κ1) is 14.3. The molecule has 0 aliphatic carbocycles. The van der Waals surface area contributed by atoms with E-state index >= 15 is 0 Å². The highest BCUT2D eigenvalue weighted by atomic mass is 16.5. The number of rotatable bonds is 8. The van der Waals surface area contributed by atoms with Gasteiger partial charge in [0.05, 0.1) is 6.61 Å². The maximum Gasteiger partial charge on any atom is 0.233 e. The first-order chi connectivity index (χ1) is 8.77. The van der Waals surface area contributed by atoms with Gasteiger partial charge in [0.15, 0.2) is 0 Å². The number of carbonyl (C=O) groups is 1. The van der Waals surface area contributed by atoms with E-state index in [0.717, 1.165) is 30.6 Å². The number of hydrogen-bond donors (Lipinski definition) is 2. The minimum absolute atomic E-state index is 0.137. The Bertz CT molecular complexity index is 391. The molecule has 0 heterocycles. The van der Waals surface area contributed by atoms with Crippen LogP contribution in [0, 0.1) is 0 Å². The molecule has 18 heavy (non-hydrogen) atoms. The molecule has 0 radical (unpaired) electrons. The molecule has 0 saturated carbocycles. The van der Waals surface area contributed by atoms with E-state index in [0.29, 0.717) is 13.0 Å². The first-order valence-electron chi connectivity index (χ1n) is 6.09. The van der Waals surface area contributed by atoms with Gasteiger partial charge in [-0.05, 0) is 30.9 Å². The summed E-state index contributed by atoms with van der Waals surface area (Å²) >= 11 is 0. The van der Waals surface area contributed by atoms with Crippen LogP contribution in [0.4, 0.5) is 0 Å². The van der Waals surface area contributed by atoms with Gasteiger partial charge in [-0.15, -0.1) is 6.58 Å². The van der Waals surface area contributed by atoms with Gasteiger partial charge in [-0.3, -0.25) is 10.2 Å². The molecule has 0 aliphatic rings. The van der Waals surface area contributed by atoms with Gasteiger partial charge >= 0.3 is 0 Å². The first-order valence-corrected chi connectivity index (χ1v) is 6.09. The van der Waals surface area contributed by atoms with Gasteiger partial charge in [-0.1, -0.05) is 24.3 Å². The highest BCUT2D eigenvalue weighted by Crippen LogP contribution is 2.19. The molecule has 0 fully saturated rings. The Morgan fingerprint density at radius 2 is 2.17 bits per heavy atom. The number of para-hydroxylation sites is 1. The molecule has 1 aromatic rings. The maximum atomic E-state index is 10.9. The smallest absolute Gasteiger partial charge is 0.233 e. The van der Waals surface area contributed by atoms with Crippen LogP contribution in [-0.4, -0.2) is 12.5 Å². The predicted molar refractivity (Wildman–Crippen MR) is 72.0 cm³/mol. The lowest BCUT2D eigenvalue weighted by molar-refractivity contribution is -0.121. The lowest BCUT2D eigenvalue weighted by atomic mass is 10.1. The number of unbranched alkanes of at least 4 members (excludes halogenated alkanes) is 1. The number of allylic oxidation sites excluding steroid dienone is 1. The molecule has 1 amide bonds. The third-order valence-corrected chi connectivity index (χ3v) is 2.55. The number of hydrogen-bond acceptors (Lipinski definition) is 3. The highest BCUT2D eigenvalue weighted by Gasteiger charge is 2.02. The number of benzene rings is 1. The molecule has 4 nitrogen and oxygen atoms in total. The fraction of sp³-hybridized carbons (Fsp3) is 0.357. The average molecular weight is 248 g/mol. The molecule has 0 saturated heterocycles. The molecule has 0 aliphatic heterocycles. The Morgan fingerprint density at radius 1 is 1.39 bits per heavy atom. The number of hydrazine groups is 1. The molecule has 1 rings (SSSR count). The van der Waals surface area contributed by atoms with Crippen LogP contribution in [-0.2, 0) is 11.2 Å². The van der Waals surface area contributed by atoms with Gasteiger partial charge in [-0.25, -0.2) is 5.84 Å². The Morgan fingerprint density at radius 3 is 2.89 bits per heavy atom. The van der Waals surface area contributed by atoms with Gasteiger partial charge in [0.2, 0.25) is 5.91 Å². The van der Waals surface area contributed by atoms with Crippen molar-refractivity contribution in [2.45, 2.75) is 25.7 Å². The second-order valence-corrected chi connectivity index (χ2v) is 3.97. The fourth-order valence-electron chi connectivity index (χ4n) is 1.61. The number of nitrogens with one attached hydrogen (secondary N) is 1. The van der Waals surface area contributed by atoms with Gasteiger partial charge in [0.25, 0.3) is 0 Å². The minimum atomic E-state index is -0.137. The van der Waals surface area contributed by atoms with Crippen LogP contribution in [0.3, 0.4) is 0 Å². The third-order valence-electron chi connectivity index (χ3n) is 2.55. The van der Waals surface area contributed by atoms with Gasteiger partial charge in [0, 0.05) is 6.42 Å². The zero-order chi connectivity index (χ0) is 13.2. The Labute approximate surface area is 108 Å². The summed E-state index contributed by atoms with van der Waals surface area (Å²) in [5.74, 6) is 5.74. The zero-order valence-electron chi connectivity index (χ0n) is 10.5. The number of carbonyl (C=O) groups excluding carboxylic acids is 1. The van der Waals surface area contributed by atoms with Crippen LogP contribution in [0.5, 0.6) is 5.75 Å². The van der Waals surface area contributed by atoms with E-state index in [1.54, 1.807) is 0 Å². The van der Waals surface area contributed by atoms with Crippen molar-refractivity contribution in [1.82, 2.24) is 5.43 Å². The van der Waals surface area contributed by atoms with E-state index < -0.39 is 0 Å². The molecule has 0 atom stereocenters. The Kier molecular flexibility index (Phi) is 6.58. The van der Waals surface area contributed by atoms with Crippen molar-refractivity contribution >= 4 is 5.91 Å². The standard InChI is InChI=1S/C14H20N2O2/c1-2-7-12-8-3-4-9-13(12)18-11-6-5-10-14(17)16-15/h2-4,8-9H,1,5-7,10-11,15H2,(H,16,17). The van der Waals surface area contributed by atoms with Crippen molar-refractivity contribution in [2.24, 2.45) is 5.84 Å². The van der Waals surface area contributed by atoms with E-state index in [9.17, 15) is 4.79 Å². The monoisotopic (exact) mass is 248 g/mol. The van der Waals surface area contributed by atoms with Crippen LogP contribution in [0.1, 0.15) is 24.8 Å². The average Bonchev–Trinajstić information content (AvgIpc) is 2.40. The predicted octanol–water partition coefficient (Wildman–Crippen LogP) is 1.95. The Balaban J connectivity index is 2.30. The second-order valence-electron chi connectivity index (χ2n) is 3.97. The number of nitrogens with two attached hydrogens (primary N) is 1. The number of ether oxygens (including phenoxy) is 1. The van der Waals surface area contributed by atoms with Crippen LogP contribution >= 0.6 is 0 Å². The molecule has 0 bridgehead atoms. The quantitative estimate of drug-likeness (QED) is 0.243. The fourth-order valence-corrected chi connectivity index (χ4v) is 1.61. The molecule has 3 N–H and O–H groups in total. The molecule has 98 valence electrons. The normalized spacial score (nSPS) is 9.83. The van der Waals surface area contributed by atoms with Crippen molar-refractivity contribution in [2.75, 3.05) is 6.61 Å². The van der Waals surface area contributed by atoms with E-state index in [4.69, 9.17) is 10.6 Å². The largest absolute Gasteiger partial charge is 0.493 e. The van der Waals surface area contributed by atoms with E-state index in [-0.39, 0.29) is 5.91 Å². The van der Waals surface area contributed by atoms with E-state index in [2.05, 4.69) is 12.0 Å². The topological polar surface area (TPSA) is 64.3 Å². The summed E-state index contributed by atoms with van der Waals surface area (Å²) in [5, 5.41) is 0. The molecular weight excluding hydrogens is 228 g/mol. The summed E-state index contributed by atoms with van der Waals surface area (Å²) < 4.78 is 5.69. The summed E-state index contributed by atoms with van der Waals surface area (Å²) in [6.45, 7) is 4.33. The maximum absolute atomic E-state index is 10.9. The zero-order valence-corrected chi connectivity index (χ0v) is 10.5. The van der Waals surface area contributed by atoms with Gasteiger partial charge in [-0.2, -0.15) is 0 Å². The van der Waals surface area contributed by atoms with Gasteiger partial charge in [0.1, 0.15) is 5.75 Å². The summed E-state index contributed by atoms with van der Waals surface area (Å²) in [5.41, 5.74) is 3.24. The summed E-state index contributed by atoms with van der Waals surface area (Å²) in [4.78, 5) is 10.9. The molecule has 0 unspecified atom stereocenters. The van der Waals surface area contributed by atoms with Crippen molar-refractivity contribution in [3.05, 3.63) is 42.5 Å². The summed E-state index contributed by atoms with van der Waals surface area (Å²) in [6.07, 6.45) is 4.69. The number of amides is 1. The molecule has 4 heteroatoms. The Hall–Kier alpha value is -1.81.